The van der Waals surface area contributed by atoms with E-state index in [2.05, 4.69) is 47.7 Å². The molecule has 0 unspecified atom stereocenters. The van der Waals surface area contributed by atoms with Crippen LogP contribution in [0.15, 0.2) is 42.1 Å². The molecule has 0 radical (unpaired) electrons. The number of allylic oxidation sites excluding steroid dienone is 2. The van der Waals surface area contributed by atoms with E-state index in [4.69, 9.17) is 4.74 Å². The zero-order valence-electron chi connectivity index (χ0n) is 15.1. The molecule has 4 heteroatoms. The second-order valence-corrected chi connectivity index (χ2v) is 6.28. The molecule has 128 valence electrons. The van der Waals surface area contributed by atoms with Gasteiger partial charge >= 0.3 is 5.97 Å². The first kappa shape index (κ1) is 17.0. The van der Waals surface area contributed by atoms with Crippen molar-refractivity contribution in [2.75, 3.05) is 6.61 Å². The maximum atomic E-state index is 12.1. The summed E-state index contributed by atoms with van der Waals surface area (Å²) < 4.78 is 5.12. The third-order valence-electron chi connectivity index (χ3n) is 4.43. The lowest BCUT2D eigenvalue weighted by Gasteiger charge is -2.06. The first-order chi connectivity index (χ1) is 11.9. The Labute approximate surface area is 147 Å². The lowest BCUT2D eigenvalue weighted by atomic mass is 10.0. The number of aromatic nitrogens is 2. The summed E-state index contributed by atoms with van der Waals surface area (Å²) in [5.41, 5.74) is 6.43. The van der Waals surface area contributed by atoms with Crippen molar-refractivity contribution < 1.29 is 9.53 Å². The van der Waals surface area contributed by atoms with Crippen molar-refractivity contribution in [1.82, 2.24) is 9.97 Å². The highest BCUT2D eigenvalue weighted by atomic mass is 16.5. The minimum absolute atomic E-state index is 0.334. The van der Waals surface area contributed by atoms with E-state index in [1.54, 1.807) is 13.1 Å². The van der Waals surface area contributed by atoms with Crippen molar-refractivity contribution in [3.63, 3.8) is 0 Å². The third-order valence-corrected chi connectivity index (χ3v) is 4.43. The van der Waals surface area contributed by atoms with Gasteiger partial charge in [-0.05, 0) is 56.5 Å². The van der Waals surface area contributed by atoms with Crippen LogP contribution in [0.25, 0.3) is 27.9 Å². The Morgan fingerprint density at radius 1 is 1.32 bits per heavy atom. The van der Waals surface area contributed by atoms with E-state index in [0.717, 1.165) is 44.1 Å². The molecule has 0 spiro atoms. The summed E-state index contributed by atoms with van der Waals surface area (Å²) in [6.45, 7) is 12.1. The van der Waals surface area contributed by atoms with E-state index < -0.39 is 0 Å². The normalized spacial score (nSPS) is 11.9. The molecule has 3 aromatic rings. The molecular weight excluding hydrogens is 312 g/mol. The van der Waals surface area contributed by atoms with Gasteiger partial charge in [-0.2, -0.15) is 0 Å². The van der Waals surface area contributed by atoms with Crippen molar-refractivity contribution >= 4 is 33.9 Å². The van der Waals surface area contributed by atoms with Crippen molar-refractivity contribution in [2.45, 2.75) is 27.7 Å². The van der Waals surface area contributed by atoms with Crippen LogP contribution in [0.2, 0.25) is 0 Å². The molecule has 0 amide bonds. The van der Waals surface area contributed by atoms with Gasteiger partial charge < -0.3 is 9.72 Å². The highest BCUT2D eigenvalue weighted by molar-refractivity contribution is 6.11. The molecule has 0 saturated carbocycles. The minimum Gasteiger partial charge on any atom is -0.461 e. The maximum absolute atomic E-state index is 12.1. The standard InChI is InChI=1S/C21H22N2O2/c1-6-25-21(24)20-14(5)19-16-10-15(9-13(4)12(2)3)7-8-17(16)23-18(19)11-22-20/h7-11,23H,2,6H2,1,3-5H3. The van der Waals surface area contributed by atoms with Gasteiger partial charge in [-0.15, -0.1) is 0 Å². The molecule has 2 heterocycles. The molecule has 4 nitrogen and oxygen atoms in total. The number of nitrogens with zero attached hydrogens (tertiary/aromatic N) is 1. The average Bonchev–Trinajstić information content (AvgIpc) is 2.93. The van der Waals surface area contributed by atoms with E-state index in [1.165, 1.54) is 0 Å². The smallest absolute Gasteiger partial charge is 0.357 e. The number of carbonyl (C=O) groups is 1. The highest BCUT2D eigenvalue weighted by Gasteiger charge is 2.17. The van der Waals surface area contributed by atoms with E-state index in [9.17, 15) is 4.79 Å². The second kappa shape index (κ2) is 6.55. The molecule has 2 aromatic heterocycles. The molecule has 0 bridgehead atoms. The van der Waals surface area contributed by atoms with Crippen LogP contribution < -0.4 is 0 Å². The topological polar surface area (TPSA) is 55.0 Å². The fraction of sp³-hybridized carbons (Fsp3) is 0.238. The Kier molecular flexibility index (Phi) is 4.45. The van der Waals surface area contributed by atoms with Crippen LogP contribution in [0.1, 0.15) is 42.4 Å². The molecular formula is C21H22N2O2. The number of fused-ring (bicyclic) bond motifs is 3. The number of nitrogens with one attached hydrogen (secondary N) is 1. The number of ether oxygens (including phenoxy) is 1. The predicted molar refractivity (Wildman–Crippen MR) is 103 cm³/mol. The Bertz CT molecular complexity index is 1030. The van der Waals surface area contributed by atoms with Gasteiger partial charge in [0.2, 0.25) is 0 Å². The van der Waals surface area contributed by atoms with Crippen LogP contribution in [0.4, 0.5) is 0 Å². The number of aryl methyl sites for hydroxylation is 1. The molecule has 1 N–H and O–H groups in total. The monoisotopic (exact) mass is 334 g/mol. The summed E-state index contributed by atoms with van der Waals surface area (Å²) in [5.74, 6) is -0.384. The van der Waals surface area contributed by atoms with Gasteiger partial charge in [0.1, 0.15) is 0 Å². The molecule has 1 aromatic carbocycles. The number of aromatic amines is 1. The molecule has 0 saturated heterocycles. The lowest BCUT2D eigenvalue weighted by molar-refractivity contribution is 0.0519. The Morgan fingerprint density at radius 2 is 2.08 bits per heavy atom. The Morgan fingerprint density at radius 3 is 2.76 bits per heavy atom. The summed E-state index contributed by atoms with van der Waals surface area (Å²) in [6, 6.07) is 6.25. The number of esters is 1. The van der Waals surface area contributed by atoms with Crippen LogP contribution in [0.3, 0.4) is 0 Å². The zero-order valence-corrected chi connectivity index (χ0v) is 15.1. The van der Waals surface area contributed by atoms with Gasteiger partial charge in [-0.25, -0.2) is 9.78 Å². The first-order valence-electron chi connectivity index (χ1n) is 8.34. The lowest BCUT2D eigenvalue weighted by Crippen LogP contribution is -2.09. The number of benzene rings is 1. The van der Waals surface area contributed by atoms with Gasteiger partial charge in [0, 0.05) is 16.3 Å². The van der Waals surface area contributed by atoms with Crippen LogP contribution in [0, 0.1) is 6.92 Å². The van der Waals surface area contributed by atoms with Crippen molar-refractivity contribution in [1.29, 1.82) is 0 Å². The quantitative estimate of drug-likeness (QED) is 0.528. The van der Waals surface area contributed by atoms with E-state index in [-0.39, 0.29) is 5.97 Å². The summed E-state index contributed by atoms with van der Waals surface area (Å²) in [6.07, 6.45) is 3.81. The molecule has 0 atom stereocenters. The molecule has 0 aliphatic rings. The van der Waals surface area contributed by atoms with Crippen molar-refractivity contribution in [2.24, 2.45) is 0 Å². The largest absolute Gasteiger partial charge is 0.461 e. The van der Waals surface area contributed by atoms with Gasteiger partial charge in [0.05, 0.1) is 18.3 Å². The van der Waals surface area contributed by atoms with Gasteiger partial charge in [-0.3, -0.25) is 0 Å². The van der Waals surface area contributed by atoms with E-state index in [1.807, 2.05) is 13.8 Å². The van der Waals surface area contributed by atoms with Crippen molar-refractivity contribution in [3.8, 4) is 0 Å². The number of hydrogen-bond acceptors (Lipinski definition) is 3. The number of H-pyrrole nitrogens is 1. The number of rotatable bonds is 4. The summed E-state index contributed by atoms with van der Waals surface area (Å²) in [7, 11) is 0. The van der Waals surface area contributed by atoms with Crippen LogP contribution in [-0.4, -0.2) is 22.5 Å². The predicted octanol–water partition coefficient (Wildman–Crippen LogP) is 5.18. The SMILES string of the molecule is C=C(C)C(C)=Cc1ccc2[nH]c3cnc(C(=O)OCC)c(C)c3c2c1. The molecule has 0 aliphatic heterocycles. The minimum atomic E-state index is -0.384. The van der Waals surface area contributed by atoms with E-state index >= 15 is 0 Å². The number of hydrogen-bond donors (Lipinski definition) is 1. The summed E-state index contributed by atoms with van der Waals surface area (Å²) in [4.78, 5) is 19.8. The summed E-state index contributed by atoms with van der Waals surface area (Å²) in [5, 5.41) is 2.08. The first-order valence-corrected chi connectivity index (χ1v) is 8.34. The third kappa shape index (κ3) is 3.07. The molecule has 0 fully saturated rings. The Balaban J connectivity index is 2.23. The van der Waals surface area contributed by atoms with Crippen LogP contribution in [0.5, 0.6) is 0 Å². The maximum Gasteiger partial charge on any atom is 0.357 e. The van der Waals surface area contributed by atoms with E-state index in [0.29, 0.717) is 12.3 Å². The van der Waals surface area contributed by atoms with Crippen LogP contribution in [-0.2, 0) is 4.74 Å². The fourth-order valence-electron chi connectivity index (χ4n) is 2.94. The highest BCUT2D eigenvalue weighted by Crippen LogP contribution is 2.30. The zero-order chi connectivity index (χ0) is 18.1. The van der Waals surface area contributed by atoms with Crippen molar-refractivity contribution in [3.05, 3.63) is 58.9 Å². The Hall–Kier alpha value is -2.88. The second-order valence-electron chi connectivity index (χ2n) is 6.28. The van der Waals surface area contributed by atoms with Gasteiger partial charge in [0.15, 0.2) is 5.69 Å². The number of pyridine rings is 1. The fourth-order valence-corrected chi connectivity index (χ4v) is 2.94. The van der Waals surface area contributed by atoms with Crippen LogP contribution >= 0.6 is 0 Å². The summed E-state index contributed by atoms with van der Waals surface area (Å²) >= 11 is 0. The van der Waals surface area contributed by atoms with Gasteiger partial charge in [0.25, 0.3) is 0 Å². The molecule has 3 rings (SSSR count). The van der Waals surface area contributed by atoms with Gasteiger partial charge in [-0.1, -0.05) is 24.3 Å². The number of carbonyl (C=O) groups excluding carboxylic acids is 1. The average molecular weight is 334 g/mol. The molecule has 25 heavy (non-hydrogen) atoms. The molecule has 0 aliphatic carbocycles.